The Kier molecular flexibility index (Phi) is 6.90. The highest BCUT2D eigenvalue weighted by molar-refractivity contribution is 7.93. The smallest absolute Gasteiger partial charge is 0.318 e. The third-order valence-corrected chi connectivity index (χ3v) is 5.55. The fourth-order valence-corrected chi connectivity index (χ4v) is 3.87. The Bertz CT molecular complexity index is 877. The topological polar surface area (TPSA) is 90.3 Å². The van der Waals surface area contributed by atoms with E-state index >= 15 is 0 Å². The molecule has 1 unspecified atom stereocenters. The SMILES string of the molecule is CC(/C=C\S(C)(=O)=O)NC(=O)N1CC[C@@H](C)C[C@H]1c1ccc(C#N)c(Cl)c1. The number of rotatable bonds is 4. The first-order chi connectivity index (χ1) is 12.6. The maximum atomic E-state index is 12.8. The minimum absolute atomic E-state index is 0.148. The molecule has 1 fully saturated rings. The predicted octanol–water partition coefficient (Wildman–Crippen LogP) is 3.64. The molecule has 1 aromatic rings. The van der Waals surface area contributed by atoms with Crippen molar-refractivity contribution < 1.29 is 13.2 Å². The molecule has 1 aliphatic heterocycles. The van der Waals surface area contributed by atoms with Gasteiger partial charge in [-0.05, 0) is 43.4 Å². The van der Waals surface area contributed by atoms with Gasteiger partial charge in [-0.2, -0.15) is 5.26 Å². The zero-order valence-electron chi connectivity index (χ0n) is 15.6. The fraction of sp³-hybridized carbons (Fsp3) is 0.474. The van der Waals surface area contributed by atoms with Crippen LogP contribution in [0.4, 0.5) is 4.79 Å². The Morgan fingerprint density at radius 3 is 2.78 bits per heavy atom. The van der Waals surface area contributed by atoms with Crippen molar-refractivity contribution in [1.82, 2.24) is 10.2 Å². The van der Waals surface area contributed by atoms with Gasteiger partial charge in [0.2, 0.25) is 0 Å². The summed E-state index contributed by atoms with van der Waals surface area (Å²) in [5.41, 5.74) is 1.29. The Morgan fingerprint density at radius 1 is 1.48 bits per heavy atom. The van der Waals surface area contributed by atoms with Gasteiger partial charge in [-0.15, -0.1) is 0 Å². The normalized spacial score (nSPS) is 21.7. The van der Waals surface area contributed by atoms with Crippen molar-refractivity contribution in [3.05, 3.63) is 45.8 Å². The highest BCUT2D eigenvalue weighted by atomic mass is 35.5. The first kappa shape index (κ1) is 21.3. The van der Waals surface area contributed by atoms with Gasteiger partial charge in [-0.1, -0.05) is 30.7 Å². The molecule has 1 saturated heterocycles. The molecule has 2 rings (SSSR count). The maximum Gasteiger partial charge on any atom is 0.318 e. The van der Waals surface area contributed by atoms with Crippen LogP contribution in [0.1, 0.15) is 43.9 Å². The van der Waals surface area contributed by atoms with E-state index in [4.69, 9.17) is 16.9 Å². The summed E-state index contributed by atoms with van der Waals surface area (Å²) in [6.45, 7) is 4.46. The van der Waals surface area contributed by atoms with E-state index in [1.807, 2.05) is 12.1 Å². The number of piperidine rings is 1. The van der Waals surface area contributed by atoms with Gasteiger partial charge in [0, 0.05) is 24.3 Å². The summed E-state index contributed by atoms with van der Waals surface area (Å²) in [7, 11) is -3.24. The average Bonchev–Trinajstić information content (AvgIpc) is 2.59. The van der Waals surface area contributed by atoms with E-state index in [-0.39, 0.29) is 12.1 Å². The number of benzene rings is 1. The molecule has 1 N–H and O–H groups in total. The number of nitrogens with one attached hydrogen (secondary N) is 1. The van der Waals surface area contributed by atoms with Gasteiger partial charge in [0.15, 0.2) is 9.84 Å². The van der Waals surface area contributed by atoms with Crippen LogP contribution in [0.2, 0.25) is 5.02 Å². The van der Waals surface area contributed by atoms with Crippen LogP contribution in [0, 0.1) is 17.2 Å². The molecule has 0 spiro atoms. The number of carbonyl (C=O) groups excluding carboxylic acids is 1. The summed E-state index contributed by atoms with van der Waals surface area (Å²) in [6, 6.07) is 6.47. The first-order valence-corrected chi connectivity index (χ1v) is 11.1. The van der Waals surface area contributed by atoms with E-state index in [0.717, 1.165) is 30.1 Å². The lowest BCUT2D eigenvalue weighted by molar-refractivity contribution is 0.131. The van der Waals surface area contributed by atoms with Crippen LogP contribution < -0.4 is 5.32 Å². The van der Waals surface area contributed by atoms with Crippen LogP contribution in [-0.4, -0.2) is 38.2 Å². The lowest BCUT2D eigenvalue weighted by atomic mass is 9.88. The number of urea groups is 1. The summed E-state index contributed by atoms with van der Waals surface area (Å²) in [6.07, 6.45) is 4.24. The molecule has 8 heteroatoms. The molecule has 3 atom stereocenters. The molecule has 1 heterocycles. The van der Waals surface area contributed by atoms with E-state index < -0.39 is 15.9 Å². The zero-order valence-corrected chi connectivity index (χ0v) is 17.2. The zero-order chi connectivity index (χ0) is 20.2. The van der Waals surface area contributed by atoms with E-state index in [1.165, 1.54) is 6.08 Å². The highest BCUT2D eigenvalue weighted by Gasteiger charge is 2.31. The van der Waals surface area contributed by atoms with Crippen LogP contribution in [0.15, 0.2) is 29.7 Å². The van der Waals surface area contributed by atoms with Gasteiger partial charge < -0.3 is 10.2 Å². The Morgan fingerprint density at radius 2 is 2.19 bits per heavy atom. The van der Waals surface area contributed by atoms with E-state index in [0.29, 0.717) is 23.0 Å². The third kappa shape index (κ3) is 5.98. The van der Waals surface area contributed by atoms with Gasteiger partial charge in [0.25, 0.3) is 0 Å². The molecule has 6 nitrogen and oxygen atoms in total. The molecule has 0 radical (unpaired) electrons. The van der Waals surface area contributed by atoms with Crippen LogP contribution >= 0.6 is 11.6 Å². The molecular weight excluding hydrogens is 386 g/mol. The van der Waals surface area contributed by atoms with Crippen molar-refractivity contribution in [2.45, 2.75) is 38.8 Å². The number of halogens is 1. The quantitative estimate of drug-likeness (QED) is 0.821. The summed E-state index contributed by atoms with van der Waals surface area (Å²) in [5.74, 6) is 0.455. The van der Waals surface area contributed by atoms with Crippen molar-refractivity contribution in [2.75, 3.05) is 12.8 Å². The fourth-order valence-electron chi connectivity index (χ4n) is 3.12. The molecule has 0 saturated carbocycles. The van der Waals surface area contributed by atoms with Crippen molar-refractivity contribution in [2.24, 2.45) is 5.92 Å². The second-order valence-corrected chi connectivity index (χ2v) is 9.42. The molecule has 1 aliphatic rings. The summed E-state index contributed by atoms with van der Waals surface area (Å²) in [5, 5.41) is 13.3. The highest BCUT2D eigenvalue weighted by Crippen LogP contribution is 2.35. The number of hydrogen-bond donors (Lipinski definition) is 1. The van der Waals surface area contributed by atoms with E-state index in [2.05, 4.69) is 12.2 Å². The molecule has 0 aromatic heterocycles. The number of nitriles is 1. The largest absolute Gasteiger partial charge is 0.332 e. The molecule has 1 aromatic carbocycles. The van der Waals surface area contributed by atoms with Crippen molar-refractivity contribution >= 4 is 27.5 Å². The Balaban J connectivity index is 2.20. The summed E-state index contributed by atoms with van der Waals surface area (Å²) >= 11 is 6.17. The van der Waals surface area contributed by atoms with E-state index in [1.54, 1.807) is 24.0 Å². The first-order valence-electron chi connectivity index (χ1n) is 8.75. The molecule has 146 valence electrons. The molecule has 2 amide bonds. The summed E-state index contributed by atoms with van der Waals surface area (Å²) < 4.78 is 22.5. The third-order valence-electron chi connectivity index (χ3n) is 4.59. The van der Waals surface area contributed by atoms with Crippen LogP contribution in [0.5, 0.6) is 0 Å². The maximum absolute atomic E-state index is 12.8. The van der Waals surface area contributed by atoms with Gasteiger partial charge in [0.05, 0.1) is 16.6 Å². The lowest BCUT2D eigenvalue weighted by Crippen LogP contribution is -2.48. The van der Waals surface area contributed by atoms with Crippen molar-refractivity contribution in [1.29, 1.82) is 5.26 Å². The number of likely N-dealkylation sites (tertiary alicyclic amines) is 1. The molecular formula is C19H24ClN3O3S. The second kappa shape index (κ2) is 8.77. The summed E-state index contributed by atoms with van der Waals surface area (Å²) in [4.78, 5) is 14.5. The monoisotopic (exact) mass is 409 g/mol. The van der Waals surface area contributed by atoms with Crippen LogP contribution in [-0.2, 0) is 9.84 Å². The van der Waals surface area contributed by atoms with Gasteiger partial charge in [-0.3, -0.25) is 0 Å². The second-order valence-electron chi connectivity index (χ2n) is 7.09. The minimum Gasteiger partial charge on any atom is -0.332 e. The van der Waals surface area contributed by atoms with Crippen molar-refractivity contribution in [3.63, 3.8) is 0 Å². The number of hydrogen-bond acceptors (Lipinski definition) is 4. The Labute approximate surface area is 165 Å². The molecule has 0 aliphatic carbocycles. The standard InChI is InChI=1S/C19H24ClN3O3S/c1-13-6-8-23(19(24)22-14(2)7-9-27(3,25)26)18(10-13)15-4-5-16(12-21)17(20)11-15/h4-5,7,9,11,13-14,18H,6,8,10H2,1-3H3,(H,22,24)/b9-7-/t13-,14?,18+/m1/s1. The minimum atomic E-state index is -3.24. The number of nitrogens with zero attached hydrogens (tertiary/aromatic N) is 2. The van der Waals surface area contributed by atoms with Crippen molar-refractivity contribution in [3.8, 4) is 6.07 Å². The lowest BCUT2D eigenvalue weighted by Gasteiger charge is -2.39. The number of amides is 2. The average molecular weight is 410 g/mol. The van der Waals surface area contributed by atoms with Crippen LogP contribution in [0.25, 0.3) is 0 Å². The van der Waals surface area contributed by atoms with Gasteiger partial charge >= 0.3 is 6.03 Å². The van der Waals surface area contributed by atoms with Crippen LogP contribution in [0.3, 0.4) is 0 Å². The van der Waals surface area contributed by atoms with Gasteiger partial charge in [0.1, 0.15) is 6.07 Å². The number of carbonyl (C=O) groups is 1. The molecule has 0 bridgehead atoms. The molecule has 27 heavy (non-hydrogen) atoms. The number of sulfone groups is 1. The van der Waals surface area contributed by atoms with Gasteiger partial charge in [-0.25, -0.2) is 13.2 Å². The predicted molar refractivity (Wildman–Crippen MR) is 106 cm³/mol. The Hall–Kier alpha value is -2.04. The van der Waals surface area contributed by atoms with E-state index in [9.17, 15) is 13.2 Å².